The van der Waals surface area contributed by atoms with Crippen LogP contribution in [0.5, 0.6) is 0 Å². The first-order valence-electron chi connectivity index (χ1n) is 11.3. The Kier molecular flexibility index (Phi) is 7.29. The highest BCUT2D eigenvalue weighted by molar-refractivity contribution is 14.1. The van der Waals surface area contributed by atoms with Crippen LogP contribution >= 0.6 is 45.8 Å². The Morgan fingerprint density at radius 2 is 1.45 bits per heavy atom. The van der Waals surface area contributed by atoms with Gasteiger partial charge in [0.15, 0.2) is 0 Å². The van der Waals surface area contributed by atoms with Gasteiger partial charge in [-0.1, -0.05) is 53.5 Å². The fraction of sp³-hybridized carbons (Fsp3) is 0.111. The van der Waals surface area contributed by atoms with Crippen LogP contribution in [0.4, 0.5) is 5.82 Å². The second-order valence-electron chi connectivity index (χ2n) is 8.53. The van der Waals surface area contributed by atoms with E-state index in [1.807, 2.05) is 22.6 Å². The maximum absolute atomic E-state index is 14.3. The molecule has 194 valence electrons. The number of esters is 1. The summed E-state index contributed by atoms with van der Waals surface area (Å²) < 4.78 is 36.6. The van der Waals surface area contributed by atoms with E-state index in [4.69, 9.17) is 27.9 Å². The number of methoxy groups -OCH3 is 1. The lowest BCUT2D eigenvalue weighted by Gasteiger charge is -2.29. The molecule has 0 amide bonds. The van der Waals surface area contributed by atoms with Crippen LogP contribution in [0.1, 0.15) is 33.6 Å². The number of rotatable bonds is 5. The van der Waals surface area contributed by atoms with Gasteiger partial charge in [-0.2, -0.15) is 0 Å². The van der Waals surface area contributed by atoms with Gasteiger partial charge in [-0.3, -0.25) is 9.36 Å². The third-order valence-electron chi connectivity index (χ3n) is 6.34. The zero-order valence-corrected chi connectivity index (χ0v) is 24.2. The number of pyridine rings is 1. The van der Waals surface area contributed by atoms with E-state index in [0.29, 0.717) is 24.7 Å². The number of ether oxygens (including phenoxy) is 1. The van der Waals surface area contributed by atoms with Crippen LogP contribution in [0, 0.1) is 3.57 Å². The SMILES string of the molecule is COC(=O)c1cccc(S(=O)(=O)N2c3ccc(I)c(=O)n3[C@H](c3ccc(Cl)cc3)[C@@H]2c2ccc(Cl)cc2)c1. The largest absolute Gasteiger partial charge is 0.465 e. The van der Waals surface area contributed by atoms with Crippen molar-refractivity contribution in [3.63, 3.8) is 0 Å². The highest BCUT2D eigenvalue weighted by atomic mass is 127. The lowest BCUT2D eigenvalue weighted by Crippen LogP contribution is -2.34. The molecule has 0 saturated carbocycles. The molecule has 4 aromatic rings. The van der Waals surface area contributed by atoms with Gasteiger partial charge in [0.2, 0.25) is 0 Å². The molecule has 38 heavy (non-hydrogen) atoms. The van der Waals surface area contributed by atoms with E-state index in [0.717, 1.165) is 0 Å². The second kappa shape index (κ2) is 10.4. The Labute approximate surface area is 242 Å². The standard InChI is InChI=1S/C27H19Cl2IN2O5S/c1-37-27(34)18-3-2-4-21(15-18)38(35,36)32-23-14-13-22(30)26(33)31(23)24(16-5-9-19(28)10-6-16)25(32)17-7-11-20(29)12-8-17/h2-15,24-25H,1H3/t24-,25+/m1/s1. The maximum Gasteiger partial charge on any atom is 0.337 e. The number of benzene rings is 3. The third-order valence-corrected chi connectivity index (χ3v) is 9.45. The van der Waals surface area contributed by atoms with E-state index in [1.165, 1.54) is 40.2 Å². The lowest BCUT2D eigenvalue weighted by molar-refractivity contribution is 0.0600. The Bertz CT molecular complexity index is 1710. The van der Waals surface area contributed by atoms with Gasteiger partial charge in [-0.15, -0.1) is 0 Å². The van der Waals surface area contributed by atoms with Gasteiger partial charge in [0.05, 0.1) is 33.2 Å². The van der Waals surface area contributed by atoms with Crippen LogP contribution in [0.3, 0.4) is 0 Å². The van der Waals surface area contributed by atoms with Gasteiger partial charge in [0, 0.05) is 10.0 Å². The van der Waals surface area contributed by atoms with Crippen molar-refractivity contribution in [2.75, 3.05) is 11.4 Å². The molecule has 1 aromatic heterocycles. The molecule has 2 atom stereocenters. The molecule has 3 aromatic carbocycles. The predicted octanol–water partition coefficient (Wildman–Crippen LogP) is 6.09. The van der Waals surface area contributed by atoms with Crippen molar-refractivity contribution >= 4 is 67.6 Å². The van der Waals surface area contributed by atoms with Crippen molar-refractivity contribution in [1.29, 1.82) is 0 Å². The smallest absolute Gasteiger partial charge is 0.337 e. The Balaban J connectivity index is 1.81. The molecule has 2 heterocycles. The fourth-order valence-electron chi connectivity index (χ4n) is 4.64. The van der Waals surface area contributed by atoms with E-state index < -0.39 is 28.1 Å². The Morgan fingerprint density at radius 1 is 0.868 bits per heavy atom. The monoisotopic (exact) mass is 680 g/mol. The number of halogens is 3. The minimum absolute atomic E-state index is 0.0880. The number of carbonyl (C=O) groups is 1. The normalized spacial score (nSPS) is 16.8. The molecule has 11 heteroatoms. The molecule has 0 saturated heterocycles. The van der Waals surface area contributed by atoms with Crippen molar-refractivity contribution < 1.29 is 17.9 Å². The summed E-state index contributed by atoms with van der Waals surface area (Å²) in [5.74, 6) is -0.471. The number of aromatic nitrogens is 1. The average molecular weight is 681 g/mol. The summed E-state index contributed by atoms with van der Waals surface area (Å²) in [7, 11) is -3.07. The number of carbonyl (C=O) groups excluding carboxylic acids is 1. The van der Waals surface area contributed by atoms with Crippen LogP contribution in [0.15, 0.2) is 94.6 Å². The van der Waals surface area contributed by atoms with Gasteiger partial charge < -0.3 is 4.74 Å². The molecule has 0 spiro atoms. The summed E-state index contributed by atoms with van der Waals surface area (Å²) in [5.41, 5.74) is 1.08. The number of anilines is 1. The molecular formula is C27H19Cl2IN2O5S. The van der Waals surface area contributed by atoms with Crippen molar-refractivity contribution in [2.45, 2.75) is 17.0 Å². The molecule has 0 bridgehead atoms. The van der Waals surface area contributed by atoms with Crippen molar-refractivity contribution in [3.05, 3.63) is 126 Å². The van der Waals surface area contributed by atoms with E-state index >= 15 is 0 Å². The summed E-state index contributed by atoms with van der Waals surface area (Å²) in [4.78, 5) is 25.6. The van der Waals surface area contributed by atoms with Crippen LogP contribution in [-0.2, 0) is 14.8 Å². The Hall–Kier alpha value is -2.86. The van der Waals surface area contributed by atoms with E-state index in [2.05, 4.69) is 0 Å². The van der Waals surface area contributed by atoms with Gasteiger partial charge in [0.1, 0.15) is 5.82 Å². The molecule has 5 rings (SSSR count). The average Bonchev–Trinajstić information content (AvgIpc) is 3.28. The summed E-state index contributed by atoms with van der Waals surface area (Å²) in [5, 5.41) is 0.994. The first kappa shape index (κ1) is 26.7. The predicted molar refractivity (Wildman–Crippen MR) is 155 cm³/mol. The first-order valence-corrected chi connectivity index (χ1v) is 14.6. The van der Waals surface area contributed by atoms with Crippen molar-refractivity contribution in [3.8, 4) is 0 Å². The highest BCUT2D eigenvalue weighted by Crippen LogP contribution is 2.49. The quantitative estimate of drug-likeness (QED) is 0.188. The second-order valence-corrected chi connectivity index (χ2v) is 12.4. The molecule has 1 aliphatic heterocycles. The molecule has 7 nitrogen and oxygen atoms in total. The molecule has 1 aliphatic rings. The van der Waals surface area contributed by atoms with Gasteiger partial charge in [0.25, 0.3) is 15.6 Å². The zero-order chi connectivity index (χ0) is 27.2. The summed E-state index contributed by atoms with van der Waals surface area (Å²) >= 11 is 14.3. The number of hydrogen-bond donors (Lipinski definition) is 0. The lowest BCUT2D eigenvalue weighted by atomic mass is 9.94. The number of hydrogen-bond acceptors (Lipinski definition) is 5. The van der Waals surface area contributed by atoms with E-state index in [9.17, 15) is 18.0 Å². The van der Waals surface area contributed by atoms with Gasteiger partial charge in [-0.25, -0.2) is 17.5 Å². The van der Waals surface area contributed by atoms with Crippen molar-refractivity contribution in [1.82, 2.24) is 4.57 Å². The molecule has 0 unspecified atom stereocenters. The number of sulfonamides is 1. The topological polar surface area (TPSA) is 85.7 Å². The molecule has 0 radical (unpaired) electrons. The van der Waals surface area contributed by atoms with Crippen LogP contribution in [0.25, 0.3) is 0 Å². The van der Waals surface area contributed by atoms with Crippen LogP contribution in [0.2, 0.25) is 10.0 Å². The van der Waals surface area contributed by atoms with Crippen molar-refractivity contribution in [2.24, 2.45) is 0 Å². The molecule has 0 N–H and O–H groups in total. The van der Waals surface area contributed by atoms with Crippen LogP contribution < -0.4 is 9.86 Å². The summed E-state index contributed by atoms with van der Waals surface area (Å²) in [6, 6.07) is 21.0. The minimum atomic E-state index is -4.30. The third kappa shape index (κ3) is 4.61. The number of fused-ring (bicyclic) bond motifs is 1. The van der Waals surface area contributed by atoms with Gasteiger partial charge in [-0.05, 0) is 88.3 Å². The van der Waals surface area contributed by atoms with Crippen LogP contribution in [-0.4, -0.2) is 26.1 Å². The van der Waals surface area contributed by atoms with E-state index in [-0.39, 0.29) is 21.8 Å². The molecule has 0 aliphatic carbocycles. The summed E-state index contributed by atoms with van der Waals surface area (Å²) in [6.07, 6.45) is 0. The zero-order valence-electron chi connectivity index (χ0n) is 19.7. The first-order chi connectivity index (χ1) is 18.1. The maximum atomic E-state index is 14.3. The number of nitrogens with zero attached hydrogens (tertiary/aromatic N) is 2. The fourth-order valence-corrected chi connectivity index (χ4v) is 7.01. The molecule has 0 fully saturated rings. The highest BCUT2D eigenvalue weighted by Gasteiger charge is 2.47. The van der Waals surface area contributed by atoms with Gasteiger partial charge >= 0.3 is 5.97 Å². The summed E-state index contributed by atoms with van der Waals surface area (Å²) in [6.45, 7) is 0. The van der Waals surface area contributed by atoms with E-state index in [1.54, 1.807) is 60.7 Å². The minimum Gasteiger partial charge on any atom is -0.465 e. The molecular weight excluding hydrogens is 662 g/mol. The Morgan fingerprint density at radius 3 is 2.03 bits per heavy atom.